The number of phenols is 3. The second kappa shape index (κ2) is 49.4. The summed E-state index contributed by atoms with van der Waals surface area (Å²) in [5.74, 6) is -16.7. The molecule has 0 bridgehead atoms. The van der Waals surface area contributed by atoms with Gasteiger partial charge in [0.2, 0.25) is 82.7 Å². The van der Waals surface area contributed by atoms with Crippen molar-refractivity contribution in [3.05, 3.63) is 124 Å². The number of phenolic OH excluding ortho intramolecular Hbond substituents is 3. The molecule has 0 aromatic heterocycles. The largest absolute Gasteiger partial charge is 0.508 e. The molecule has 2 aliphatic rings. The number of ether oxygens (including phenoxy) is 1. The van der Waals surface area contributed by atoms with Gasteiger partial charge in [-0.3, -0.25) is 71.9 Å². The van der Waals surface area contributed by atoms with Crippen LogP contribution in [-0.4, -0.2) is 236 Å². The SMILES string of the molecule is CC[C@H](C)[C@H](NC(=O)[C@H](Cc1ccc(O)cc1)NC(=O)C1CSSCC(NC(=O)[C@H](CCC(=O)O)NC(=O)[C@H](Cc2ccc(O)cc2)NC(=O)[C@@H](N)CCN)C(=O)N2C[C@H](OC(C)(C)C)C[C@H]2C(=O)NC(Cc2ccc(O)c(Cl)c2)C(=O)NCC(=O)NC(CC(C)C)C(=O)N1)C(=O)N[C@@H](CCC(N)=O)C(=O)NCc1ccc(CNC(=O)[C@@H](N)CCN)cc1. The quantitative estimate of drug-likeness (QED) is 0.0230. The monoisotopic (exact) mass is 1770 g/mol. The molecule has 0 spiro atoms. The van der Waals surface area contributed by atoms with Gasteiger partial charge >= 0.3 is 5.97 Å². The molecule has 4 aromatic rings. The van der Waals surface area contributed by atoms with E-state index in [4.69, 9.17) is 45.0 Å². The first-order valence-electron chi connectivity index (χ1n) is 40.4. The molecule has 14 amide bonds. The second-order valence-corrected chi connectivity index (χ2v) is 34.7. The molecule has 41 heteroatoms. The maximum absolute atomic E-state index is 15.8. The Morgan fingerprint density at radius 1 is 0.593 bits per heavy atom. The molecule has 4 unspecified atom stereocenters. The maximum Gasteiger partial charge on any atom is 0.303 e. The van der Waals surface area contributed by atoms with Gasteiger partial charge in [0.15, 0.2) is 0 Å². The van der Waals surface area contributed by atoms with E-state index in [-0.39, 0.29) is 131 Å². The van der Waals surface area contributed by atoms with Crippen molar-refractivity contribution in [1.82, 2.24) is 68.7 Å². The van der Waals surface area contributed by atoms with Crippen molar-refractivity contribution in [3.8, 4) is 17.2 Å². The van der Waals surface area contributed by atoms with Gasteiger partial charge < -0.3 is 123 Å². The lowest BCUT2D eigenvalue weighted by Gasteiger charge is -2.31. The van der Waals surface area contributed by atoms with Crippen molar-refractivity contribution in [1.29, 1.82) is 0 Å². The van der Waals surface area contributed by atoms with E-state index in [1.165, 1.54) is 66.7 Å². The zero-order chi connectivity index (χ0) is 90.9. The molecule has 0 radical (unpaired) electrons. The fourth-order valence-corrected chi connectivity index (χ4v) is 15.7. The number of rotatable bonds is 39. The van der Waals surface area contributed by atoms with Crippen LogP contribution < -0.4 is 92.5 Å². The van der Waals surface area contributed by atoms with Crippen molar-refractivity contribution >= 4 is 122 Å². The Morgan fingerprint density at radius 3 is 1.67 bits per heavy atom. The summed E-state index contributed by atoms with van der Waals surface area (Å²) >= 11 is 6.33. The molecule has 6 rings (SSSR count). The van der Waals surface area contributed by atoms with E-state index in [1.54, 1.807) is 72.7 Å². The lowest BCUT2D eigenvalue weighted by Crippen LogP contribution is -2.61. The van der Waals surface area contributed by atoms with Crippen LogP contribution in [0.1, 0.15) is 134 Å². The van der Waals surface area contributed by atoms with E-state index in [0.717, 1.165) is 26.5 Å². The van der Waals surface area contributed by atoms with Crippen LogP contribution in [-0.2, 0) is 109 Å². The Kier molecular flexibility index (Phi) is 40.6. The number of nitrogens with one attached hydrogen (secondary N) is 12. The zero-order valence-electron chi connectivity index (χ0n) is 69.8. The number of carboxylic acid groups (broad SMARTS) is 1. The molecule has 0 saturated carbocycles. The summed E-state index contributed by atoms with van der Waals surface area (Å²) in [4.78, 5) is 216. The molecule has 26 N–H and O–H groups in total. The number of fused-ring (bicyclic) bond motifs is 1. The average molecular weight is 1770 g/mol. The first-order valence-corrected chi connectivity index (χ1v) is 43.3. The topological polar surface area (TPSA) is 624 Å². The lowest BCUT2D eigenvalue weighted by atomic mass is 9.96. The number of hydrogen-bond donors (Lipinski definition) is 21. The van der Waals surface area contributed by atoms with Crippen LogP contribution in [0.5, 0.6) is 17.2 Å². The minimum atomic E-state index is -1.81. The van der Waals surface area contributed by atoms with Crippen LogP contribution in [0.4, 0.5) is 0 Å². The van der Waals surface area contributed by atoms with Crippen molar-refractivity contribution in [2.75, 3.05) is 37.7 Å². The van der Waals surface area contributed by atoms with E-state index in [1.807, 2.05) is 0 Å². The molecule has 4 aromatic carbocycles. The molecule has 674 valence electrons. The number of aromatic hydroxyl groups is 3. The van der Waals surface area contributed by atoms with Crippen molar-refractivity contribution in [2.45, 2.75) is 223 Å². The maximum atomic E-state index is 15.8. The van der Waals surface area contributed by atoms with Gasteiger partial charge in [-0.05, 0) is 142 Å². The van der Waals surface area contributed by atoms with Gasteiger partial charge in [0.05, 0.1) is 35.4 Å². The number of amides is 14. The third kappa shape index (κ3) is 34.1. The molecular weight excluding hydrogens is 1660 g/mol. The Balaban J connectivity index is 1.41. The lowest BCUT2D eigenvalue weighted by molar-refractivity contribution is -0.142. The van der Waals surface area contributed by atoms with Crippen LogP contribution in [0.3, 0.4) is 0 Å². The van der Waals surface area contributed by atoms with Crippen molar-refractivity contribution in [3.63, 3.8) is 0 Å². The highest BCUT2D eigenvalue weighted by Crippen LogP contribution is 2.31. The third-order valence-corrected chi connectivity index (χ3v) is 22.7. The van der Waals surface area contributed by atoms with Crippen molar-refractivity contribution in [2.24, 2.45) is 40.5 Å². The summed E-state index contributed by atoms with van der Waals surface area (Å²) in [6.45, 7) is 11.1. The fraction of sp³-hybridized carbons (Fsp3) is 0.524. The number of carbonyl (C=O) groups excluding carboxylic acids is 14. The van der Waals surface area contributed by atoms with E-state index >= 15 is 24.0 Å². The summed E-state index contributed by atoms with van der Waals surface area (Å²) in [5, 5.41) is 72.6. The predicted molar refractivity (Wildman–Crippen MR) is 458 cm³/mol. The van der Waals surface area contributed by atoms with Gasteiger partial charge in [-0.2, -0.15) is 0 Å². The Bertz CT molecular complexity index is 4320. The number of nitrogens with two attached hydrogens (primary N) is 5. The molecule has 2 fully saturated rings. The number of benzene rings is 4. The van der Waals surface area contributed by atoms with Crippen LogP contribution in [0.15, 0.2) is 91.0 Å². The standard InChI is InChI=1S/C82H117ClN18O20S2/c1-8-44(4)69(80(119)94-56(22-25-66(88)105)72(111)90-38-48-11-9-47(10-12-48)37-89-70(109)54(86)27-29-84)100-77(116)61(34-46-15-20-51(103)21-16-46)96-78(117)62-41-122-123-42-63(99-74(113)57(23-26-68(107)108)93-76(115)60(95-71(110)55(87)28-30-85)33-45-13-18-50(102)19-14-45)81(120)101-40-52(121-82(5,6)7)36-64(101)79(118)97-59(35-49-17-24-65(104)53(83)32-49)73(112)91-39-67(106)92-58(31-43(2)3)75(114)98-62/h9-21,24,32,43-44,52,54-64,69,102-104H,8,22-23,25-31,33-42,84-87H2,1-7H3,(H2,88,105)(H,89,109)(H,90,111)(H,91,112)(H,92,106)(H,93,115)(H,94,119)(H,95,110)(H,96,117)(H,97,118)(H,98,114)(H,99,113)(H,100,116)(H,107,108)/t44-,52+,54-,55-,56-,57-,58?,59?,60-,61-,62?,63?,64-,69-/m0/s1. The number of primary amides is 1. The number of halogens is 1. The molecule has 14 atom stereocenters. The molecular formula is C82H117ClN18O20S2. The van der Waals surface area contributed by atoms with E-state index in [9.17, 15) is 68.4 Å². The fourth-order valence-electron chi connectivity index (χ4n) is 13.2. The zero-order valence-corrected chi connectivity index (χ0v) is 72.2. The van der Waals surface area contributed by atoms with Crippen LogP contribution >= 0.6 is 33.2 Å². The van der Waals surface area contributed by atoms with Crippen LogP contribution in [0.2, 0.25) is 5.02 Å². The molecule has 2 aliphatic heterocycles. The summed E-state index contributed by atoms with van der Waals surface area (Å²) in [5.41, 5.74) is 30.2. The van der Waals surface area contributed by atoms with Gasteiger partial charge in [-0.15, -0.1) is 0 Å². The summed E-state index contributed by atoms with van der Waals surface area (Å²) in [7, 11) is 1.66. The highest BCUT2D eigenvalue weighted by atomic mass is 35.5. The molecule has 38 nitrogen and oxygen atoms in total. The number of nitrogens with zero attached hydrogens (tertiary/aromatic N) is 1. The minimum absolute atomic E-state index is 0.0100. The summed E-state index contributed by atoms with van der Waals surface area (Å²) in [6, 6.07) is 3.95. The van der Waals surface area contributed by atoms with Gasteiger partial charge in [0.1, 0.15) is 77.7 Å². The van der Waals surface area contributed by atoms with Gasteiger partial charge in [-0.25, -0.2) is 0 Å². The number of carbonyl (C=O) groups is 15. The van der Waals surface area contributed by atoms with Crippen molar-refractivity contribution < 1.29 is 97.1 Å². The van der Waals surface area contributed by atoms with E-state index in [2.05, 4.69) is 63.8 Å². The first kappa shape index (κ1) is 101. The number of aliphatic carboxylic acids is 1. The molecule has 2 saturated heterocycles. The number of hydrogen-bond acceptors (Lipinski definition) is 25. The smallest absolute Gasteiger partial charge is 0.303 e. The van der Waals surface area contributed by atoms with E-state index < -0.39 is 204 Å². The minimum Gasteiger partial charge on any atom is -0.508 e. The Morgan fingerprint density at radius 2 is 1.11 bits per heavy atom. The van der Waals surface area contributed by atoms with Gasteiger partial charge in [0.25, 0.3) is 0 Å². The number of carboxylic acids is 1. The average Bonchev–Trinajstić information content (AvgIpc) is 1.67. The second-order valence-electron chi connectivity index (χ2n) is 31.7. The van der Waals surface area contributed by atoms with Crippen LogP contribution in [0, 0.1) is 11.8 Å². The normalized spacial score (nSPS) is 19.5. The van der Waals surface area contributed by atoms with Gasteiger partial charge in [-0.1, -0.05) is 122 Å². The third-order valence-electron chi connectivity index (χ3n) is 20.0. The highest BCUT2D eigenvalue weighted by Gasteiger charge is 2.46. The Hall–Kier alpha value is -10.9. The first-order chi connectivity index (χ1) is 58.1. The summed E-state index contributed by atoms with van der Waals surface area (Å²) in [6.07, 6.45) is -3.72. The predicted octanol–water partition coefficient (Wildman–Crippen LogP) is -1.35. The highest BCUT2D eigenvalue weighted by molar-refractivity contribution is 8.76. The Labute approximate surface area is 725 Å². The molecule has 2 heterocycles. The molecule has 123 heavy (non-hydrogen) atoms. The van der Waals surface area contributed by atoms with E-state index in [0.29, 0.717) is 27.8 Å². The summed E-state index contributed by atoms with van der Waals surface area (Å²) < 4.78 is 6.38. The molecule has 0 aliphatic carbocycles. The van der Waals surface area contributed by atoms with Gasteiger partial charge in [0, 0.05) is 69.7 Å². The van der Waals surface area contributed by atoms with Crippen LogP contribution in [0.25, 0.3) is 0 Å².